The van der Waals surface area contributed by atoms with Gasteiger partial charge in [-0.25, -0.2) is 4.39 Å². The van der Waals surface area contributed by atoms with E-state index in [-0.39, 0.29) is 11.2 Å². The van der Waals surface area contributed by atoms with Crippen molar-refractivity contribution in [3.8, 4) is 0 Å². The van der Waals surface area contributed by atoms with Crippen LogP contribution in [-0.2, 0) is 6.42 Å². The molecule has 0 radical (unpaired) electrons. The van der Waals surface area contributed by atoms with Gasteiger partial charge in [0.1, 0.15) is 5.82 Å². The Balaban J connectivity index is 2.07. The predicted molar refractivity (Wildman–Crippen MR) is 69.4 cm³/mol. The van der Waals surface area contributed by atoms with Gasteiger partial charge in [0.2, 0.25) is 0 Å². The largest absolute Gasteiger partial charge is 0.207 e. The highest BCUT2D eigenvalue weighted by Crippen LogP contribution is 2.33. The molecule has 1 aliphatic rings. The van der Waals surface area contributed by atoms with E-state index in [0.717, 1.165) is 17.3 Å². The Hall–Kier alpha value is -0.0800. The fraction of sp³-hybridized carbons (Fsp3) is 0.538. The molecule has 1 aromatic carbocycles. The SMILES string of the molecule is Fc1ccc(CC2CCCCC2Cl)c(Br)c1. The summed E-state index contributed by atoms with van der Waals surface area (Å²) < 4.78 is 13.8. The second-order valence-electron chi connectivity index (χ2n) is 4.50. The molecule has 0 spiro atoms. The molecule has 0 N–H and O–H groups in total. The zero-order valence-electron chi connectivity index (χ0n) is 9.06. The Morgan fingerprint density at radius 2 is 2.06 bits per heavy atom. The summed E-state index contributed by atoms with van der Waals surface area (Å²) in [5.74, 6) is 0.346. The van der Waals surface area contributed by atoms with Gasteiger partial charge < -0.3 is 0 Å². The average molecular weight is 306 g/mol. The molecule has 2 unspecified atom stereocenters. The highest BCUT2D eigenvalue weighted by molar-refractivity contribution is 9.10. The van der Waals surface area contributed by atoms with E-state index in [1.54, 1.807) is 0 Å². The molecule has 0 aliphatic heterocycles. The van der Waals surface area contributed by atoms with Gasteiger partial charge in [0, 0.05) is 9.85 Å². The number of alkyl halides is 1. The normalized spacial score (nSPS) is 25.7. The zero-order valence-corrected chi connectivity index (χ0v) is 11.4. The van der Waals surface area contributed by atoms with Gasteiger partial charge in [-0.2, -0.15) is 0 Å². The monoisotopic (exact) mass is 304 g/mol. The van der Waals surface area contributed by atoms with Crippen LogP contribution in [0.2, 0.25) is 0 Å². The molecule has 0 amide bonds. The average Bonchev–Trinajstić information content (AvgIpc) is 2.25. The van der Waals surface area contributed by atoms with Crippen LogP contribution in [0, 0.1) is 11.7 Å². The maximum Gasteiger partial charge on any atom is 0.124 e. The first-order chi connectivity index (χ1) is 7.66. The molecule has 16 heavy (non-hydrogen) atoms. The van der Waals surface area contributed by atoms with Gasteiger partial charge in [-0.1, -0.05) is 34.8 Å². The maximum atomic E-state index is 12.9. The molecule has 0 heterocycles. The van der Waals surface area contributed by atoms with Crippen molar-refractivity contribution in [3.63, 3.8) is 0 Å². The number of hydrogen-bond donors (Lipinski definition) is 0. The Morgan fingerprint density at radius 1 is 1.31 bits per heavy atom. The van der Waals surface area contributed by atoms with E-state index in [1.807, 2.05) is 6.07 Å². The molecule has 0 saturated heterocycles. The summed E-state index contributed by atoms with van der Waals surface area (Å²) in [7, 11) is 0. The highest BCUT2D eigenvalue weighted by atomic mass is 79.9. The highest BCUT2D eigenvalue weighted by Gasteiger charge is 2.23. The maximum absolute atomic E-state index is 12.9. The second-order valence-corrected chi connectivity index (χ2v) is 5.92. The van der Waals surface area contributed by atoms with E-state index < -0.39 is 0 Å². The van der Waals surface area contributed by atoms with E-state index in [2.05, 4.69) is 15.9 Å². The van der Waals surface area contributed by atoms with Crippen molar-refractivity contribution >= 4 is 27.5 Å². The molecular formula is C13H15BrClF. The molecule has 1 fully saturated rings. The Bertz CT molecular complexity index is 367. The van der Waals surface area contributed by atoms with Crippen molar-refractivity contribution < 1.29 is 4.39 Å². The molecule has 88 valence electrons. The number of halogens is 3. The summed E-state index contributed by atoms with van der Waals surface area (Å²) in [4.78, 5) is 0. The van der Waals surface area contributed by atoms with Gasteiger partial charge in [-0.3, -0.25) is 0 Å². The molecule has 2 rings (SSSR count). The van der Waals surface area contributed by atoms with Gasteiger partial charge in [0.15, 0.2) is 0 Å². The van der Waals surface area contributed by atoms with Crippen molar-refractivity contribution in [2.75, 3.05) is 0 Å². The number of rotatable bonds is 2. The first-order valence-corrected chi connectivity index (χ1v) is 6.98. The Kier molecular flexibility index (Phi) is 4.26. The summed E-state index contributed by atoms with van der Waals surface area (Å²) in [6.07, 6.45) is 5.78. The lowest BCUT2D eigenvalue weighted by atomic mass is 9.84. The predicted octanol–water partition coefficient (Wildman–Crippen LogP) is 4.93. The van der Waals surface area contributed by atoms with E-state index in [9.17, 15) is 4.39 Å². The minimum Gasteiger partial charge on any atom is -0.207 e. The van der Waals surface area contributed by atoms with Crippen molar-refractivity contribution in [2.24, 2.45) is 5.92 Å². The summed E-state index contributed by atoms with van der Waals surface area (Å²) >= 11 is 9.74. The van der Waals surface area contributed by atoms with E-state index in [4.69, 9.17) is 11.6 Å². The number of benzene rings is 1. The topological polar surface area (TPSA) is 0 Å². The van der Waals surface area contributed by atoms with Crippen LogP contribution >= 0.6 is 27.5 Å². The molecule has 1 aliphatic carbocycles. The molecular weight excluding hydrogens is 290 g/mol. The second kappa shape index (κ2) is 5.50. The quantitative estimate of drug-likeness (QED) is 0.680. The zero-order chi connectivity index (χ0) is 11.5. The minimum absolute atomic E-state index is 0.193. The van der Waals surface area contributed by atoms with Crippen molar-refractivity contribution in [3.05, 3.63) is 34.1 Å². The molecule has 0 bridgehead atoms. The lowest BCUT2D eigenvalue weighted by molar-refractivity contribution is 0.363. The summed E-state index contributed by atoms with van der Waals surface area (Å²) in [6, 6.07) is 4.91. The Labute approximate surface area is 109 Å². The van der Waals surface area contributed by atoms with Gasteiger partial charge in [0.05, 0.1) is 0 Å². The van der Waals surface area contributed by atoms with Crippen LogP contribution in [0.1, 0.15) is 31.2 Å². The van der Waals surface area contributed by atoms with Gasteiger partial charge >= 0.3 is 0 Å². The third-order valence-corrected chi connectivity index (χ3v) is 4.63. The molecule has 1 aromatic rings. The van der Waals surface area contributed by atoms with Crippen LogP contribution in [0.4, 0.5) is 4.39 Å². The van der Waals surface area contributed by atoms with Crippen molar-refractivity contribution in [1.29, 1.82) is 0 Å². The van der Waals surface area contributed by atoms with Crippen LogP contribution in [0.3, 0.4) is 0 Å². The van der Waals surface area contributed by atoms with Crippen LogP contribution < -0.4 is 0 Å². The van der Waals surface area contributed by atoms with E-state index in [0.29, 0.717) is 5.92 Å². The van der Waals surface area contributed by atoms with Gasteiger partial charge in [-0.15, -0.1) is 11.6 Å². The summed E-state index contributed by atoms with van der Waals surface area (Å²) in [5.41, 5.74) is 1.17. The Morgan fingerprint density at radius 3 is 2.75 bits per heavy atom. The lowest BCUT2D eigenvalue weighted by Gasteiger charge is -2.27. The van der Waals surface area contributed by atoms with Gasteiger partial charge in [-0.05, 0) is 42.9 Å². The number of hydrogen-bond acceptors (Lipinski definition) is 0. The van der Waals surface area contributed by atoms with E-state index >= 15 is 0 Å². The molecule has 1 saturated carbocycles. The third-order valence-electron chi connectivity index (χ3n) is 3.31. The van der Waals surface area contributed by atoms with Crippen molar-refractivity contribution in [2.45, 2.75) is 37.5 Å². The minimum atomic E-state index is -0.193. The third kappa shape index (κ3) is 2.98. The van der Waals surface area contributed by atoms with Gasteiger partial charge in [0.25, 0.3) is 0 Å². The fourth-order valence-corrected chi connectivity index (χ4v) is 3.24. The van der Waals surface area contributed by atoms with E-state index in [1.165, 1.54) is 37.0 Å². The van der Waals surface area contributed by atoms with Crippen LogP contribution in [-0.4, -0.2) is 5.38 Å². The summed E-state index contributed by atoms with van der Waals surface area (Å²) in [5, 5.41) is 0.283. The molecule has 0 aromatic heterocycles. The van der Waals surface area contributed by atoms with Crippen LogP contribution in [0.15, 0.2) is 22.7 Å². The van der Waals surface area contributed by atoms with Crippen LogP contribution in [0.25, 0.3) is 0 Å². The first kappa shape index (κ1) is 12.4. The van der Waals surface area contributed by atoms with Crippen molar-refractivity contribution in [1.82, 2.24) is 0 Å². The molecule has 0 nitrogen and oxygen atoms in total. The fourth-order valence-electron chi connectivity index (χ4n) is 2.36. The first-order valence-electron chi connectivity index (χ1n) is 5.75. The smallest absolute Gasteiger partial charge is 0.124 e. The summed E-state index contributed by atoms with van der Waals surface area (Å²) in [6.45, 7) is 0. The lowest BCUT2D eigenvalue weighted by Crippen LogP contribution is -2.21. The standard InChI is InChI=1S/C13H15BrClF/c14-12-8-11(16)6-5-9(12)7-10-3-1-2-4-13(10)15/h5-6,8,10,13H,1-4,7H2. The van der Waals surface area contributed by atoms with Crippen LogP contribution in [0.5, 0.6) is 0 Å². The molecule has 2 atom stereocenters. The molecule has 3 heteroatoms.